The molecule has 4 rings (SSSR count). The van der Waals surface area contributed by atoms with Gasteiger partial charge in [-0.25, -0.2) is 8.78 Å². The minimum Gasteiger partial charge on any atom is -0.453 e. The number of ether oxygens (including phenoxy) is 1. The van der Waals surface area contributed by atoms with Gasteiger partial charge in [-0.05, 0) is 30.3 Å². The van der Waals surface area contributed by atoms with Crippen molar-refractivity contribution >= 4 is 28.9 Å². The fraction of sp³-hybridized carbons (Fsp3) is 0.0476. The highest BCUT2D eigenvalue weighted by atomic mass is 35.5. The predicted molar refractivity (Wildman–Crippen MR) is 110 cm³/mol. The van der Waals surface area contributed by atoms with Gasteiger partial charge in [-0.2, -0.15) is 0 Å². The molecule has 4 aromatic rings. The van der Waals surface area contributed by atoms with Gasteiger partial charge in [-0.1, -0.05) is 41.4 Å². The lowest BCUT2D eigenvalue weighted by Crippen LogP contribution is -1.98. The van der Waals surface area contributed by atoms with Crippen LogP contribution >= 0.6 is 23.2 Å². The molecule has 152 valence electrons. The maximum Gasteiger partial charge on any atom is 0.250 e. The second-order valence-corrected chi connectivity index (χ2v) is 7.17. The molecule has 0 amide bonds. The maximum atomic E-state index is 15.1. The van der Waals surface area contributed by atoms with Crippen LogP contribution in [0.2, 0.25) is 10.0 Å². The second kappa shape index (κ2) is 8.30. The number of halogens is 4. The average molecular weight is 448 g/mol. The largest absolute Gasteiger partial charge is 0.453 e. The topological polar surface area (TPSA) is 74.2 Å². The van der Waals surface area contributed by atoms with Crippen molar-refractivity contribution in [3.63, 3.8) is 0 Å². The first kappa shape index (κ1) is 20.1. The summed E-state index contributed by atoms with van der Waals surface area (Å²) in [5.74, 6) is -1.05. The average Bonchev–Trinajstić information content (AvgIpc) is 3.15. The first-order chi connectivity index (χ1) is 14.4. The summed E-state index contributed by atoms with van der Waals surface area (Å²) in [5, 5.41) is 8.11. The van der Waals surface area contributed by atoms with Gasteiger partial charge >= 0.3 is 0 Å². The first-order valence-electron chi connectivity index (χ1n) is 8.69. The highest BCUT2D eigenvalue weighted by Crippen LogP contribution is 2.36. The quantitative estimate of drug-likeness (QED) is 0.364. The third kappa shape index (κ3) is 4.22. The molecule has 0 aliphatic rings. The van der Waals surface area contributed by atoms with Gasteiger partial charge in [0.05, 0.1) is 17.0 Å². The monoisotopic (exact) mass is 447 g/mol. The van der Waals surface area contributed by atoms with Crippen molar-refractivity contribution in [2.75, 3.05) is 5.73 Å². The van der Waals surface area contributed by atoms with Gasteiger partial charge in [-0.3, -0.25) is 0 Å². The summed E-state index contributed by atoms with van der Waals surface area (Å²) < 4.78 is 40.1. The van der Waals surface area contributed by atoms with Crippen molar-refractivity contribution in [2.24, 2.45) is 0 Å². The molecular formula is C21H13Cl2F2N3O2. The Morgan fingerprint density at radius 1 is 1.00 bits per heavy atom. The number of aromatic nitrogens is 2. The molecule has 2 N–H and O–H groups in total. The van der Waals surface area contributed by atoms with Crippen LogP contribution < -0.4 is 10.5 Å². The van der Waals surface area contributed by atoms with Crippen LogP contribution in [0.4, 0.5) is 14.5 Å². The molecule has 0 unspecified atom stereocenters. The van der Waals surface area contributed by atoms with Gasteiger partial charge in [0.15, 0.2) is 11.6 Å². The van der Waals surface area contributed by atoms with Crippen molar-refractivity contribution in [3.8, 4) is 23.0 Å². The zero-order valence-corrected chi connectivity index (χ0v) is 16.7. The van der Waals surface area contributed by atoms with E-state index in [0.717, 1.165) is 0 Å². The van der Waals surface area contributed by atoms with Gasteiger partial charge < -0.3 is 14.9 Å². The van der Waals surface area contributed by atoms with E-state index in [4.69, 9.17) is 38.1 Å². The third-order valence-electron chi connectivity index (χ3n) is 4.16. The number of nitrogens with zero attached hydrogens (tertiary/aromatic N) is 2. The lowest BCUT2D eigenvalue weighted by Gasteiger charge is -2.12. The molecule has 0 saturated heterocycles. The summed E-state index contributed by atoms with van der Waals surface area (Å²) in [6, 6.07) is 13.5. The predicted octanol–water partition coefficient (Wildman–Crippen LogP) is 6.29. The van der Waals surface area contributed by atoms with E-state index in [2.05, 4.69) is 10.2 Å². The van der Waals surface area contributed by atoms with Crippen LogP contribution in [-0.2, 0) is 6.42 Å². The summed E-state index contributed by atoms with van der Waals surface area (Å²) in [6.45, 7) is 0. The summed E-state index contributed by atoms with van der Waals surface area (Å²) in [7, 11) is 0. The molecular weight excluding hydrogens is 435 g/mol. The van der Waals surface area contributed by atoms with Crippen LogP contribution in [0.25, 0.3) is 11.5 Å². The number of nitrogen functional groups attached to an aromatic ring is 1. The molecule has 0 aliphatic heterocycles. The number of hydrogen-bond donors (Lipinski definition) is 1. The normalized spacial score (nSPS) is 10.9. The number of benzene rings is 3. The van der Waals surface area contributed by atoms with Crippen LogP contribution in [-0.4, -0.2) is 10.2 Å². The summed E-state index contributed by atoms with van der Waals surface area (Å²) in [5.41, 5.74) is 6.46. The number of anilines is 1. The summed E-state index contributed by atoms with van der Waals surface area (Å²) in [6.07, 6.45) is -0.0432. The molecule has 0 radical (unpaired) electrons. The lowest BCUT2D eigenvalue weighted by molar-refractivity contribution is 0.437. The zero-order chi connectivity index (χ0) is 21.3. The van der Waals surface area contributed by atoms with Crippen molar-refractivity contribution in [1.82, 2.24) is 10.2 Å². The van der Waals surface area contributed by atoms with E-state index in [1.54, 1.807) is 12.1 Å². The Morgan fingerprint density at radius 2 is 1.80 bits per heavy atom. The molecule has 0 bridgehead atoms. The lowest BCUT2D eigenvalue weighted by atomic mass is 10.1. The van der Waals surface area contributed by atoms with Gasteiger partial charge in [0.2, 0.25) is 5.89 Å². The van der Waals surface area contributed by atoms with E-state index < -0.39 is 11.6 Å². The minimum atomic E-state index is -0.702. The third-order valence-corrected chi connectivity index (χ3v) is 4.67. The molecule has 9 heteroatoms. The molecule has 0 atom stereocenters. The molecule has 30 heavy (non-hydrogen) atoms. The molecule has 0 fully saturated rings. The first-order valence-corrected chi connectivity index (χ1v) is 9.44. The van der Waals surface area contributed by atoms with Crippen molar-refractivity contribution in [1.29, 1.82) is 0 Å². The Bertz CT molecular complexity index is 1210. The van der Waals surface area contributed by atoms with Crippen LogP contribution in [0, 0.1) is 11.6 Å². The fourth-order valence-corrected chi connectivity index (χ4v) is 3.21. The maximum absolute atomic E-state index is 15.1. The Balaban J connectivity index is 1.62. The van der Waals surface area contributed by atoms with E-state index in [1.165, 1.54) is 42.5 Å². The molecule has 1 aromatic heterocycles. The van der Waals surface area contributed by atoms with E-state index in [9.17, 15) is 4.39 Å². The van der Waals surface area contributed by atoms with E-state index in [0.29, 0.717) is 10.7 Å². The van der Waals surface area contributed by atoms with Crippen molar-refractivity contribution in [2.45, 2.75) is 6.42 Å². The molecule has 0 spiro atoms. The molecule has 0 saturated carbocycles. The zero-order valence-electron chi connectivity index (χ0n) is 15.2. The van der Waals surface area contributed by atoms with E-state index >= 15 is 4.39 Å². The van der Waals surface area contributed by atoms with Crippen LogP contribution in [0.15, 0.2) is 59.0 Å². The molecule has 3 aromatic carbocycles. The Labute approximate surface area is 180 Å². The van der Waals surface area contributed by atoms with Gasteiger partial charge in [0.25, 0.3) is 5.89 Å². The highest BCUT2D eigenvalue weighted by Gasteiger charge is 2.19. The SMILES string of the molecule is Nc1cc(Cl)cc(Oc2c(Cl)ccc(Cc3nnc(-c4ccccc4F)o3)c2F)c1. The van der Waals surface area contributed by atoms with Gasteiger partial charge in [0, 0.05) is 22.3 Å². The summed E-state index contributed by atoms with van der Waals surface area (Å²) in [4.78, 5) is 0. The van der Waals surface area contributed by atoms with Gasteiger partial charge in [-0.15, -0.1) is 10.2 Å². The van der Waals surface area contributed by atoms with E-state index in [-0.39, 0.29) is 45.9 Å². The number of hydrogen-bond acceptors (Lipinski definition) is 5. The highest BCUT2D eigenvalue weighted by molar-refractivity contribution is 6.32. The van der Waals surface area contributed by atoms with E-state index in [1.807, 2.05) is 0 Å². The smallest absolute Gasteiger partial charge is 0.250 e. The van der Waals surface area contributed by atoms with Crippen LogP contribution in [0.5, 0.6) is 11.5 Å². The van der Waals surface area contributed by atoms with Crippen molar-refractivity contribution in [3.05, 3.63) is 87.7 Å². The number of nitrogens with two attached hydrogens (primary N) is 1. The Hall–Kier alpha value is -3.16. The second-order valence-electron chi connectivity index (χ2n) is 6.33. The van der Waals surface area contributed by atoms with Gasteiger partial charge in [0.1, 0.15) is 11.6 Å². The molecule has 0 aliphatic carbocycles. The minimum absolute atomic E-state index is 0.00310. The Kier molecular flexibility index (Phi) is 5.57. The fourth-order valence-electron chi connectivity index (χ4n) is 2.80. The molecule has 1 heterocycles. The Morgan fingerprint density at radius 3 is 2.57 bits per heavy atom. The van der Waals surface area contributed by atoms with Crippen LogP contribution in [0.1, 0.15) is 11.5 Å². The van der Waals surface area contributed by atoms with Crippen LogP contribution in [0.3, 0.4) is 0 Å². The molecule has 5 nitrogen and oxygen atoms in total. The summed E-state index contributed by atoms with van der Waals surface area (Å²) >= 11 is 12.1. The number of rotatable bonds is 5. The standard InChI is InChI=1S/C21H13Cl2F2N3O2/c22-12-8-13(26)10-14(9-12)29-20-16(23)6-5-11(19(20)25)7-18-27-28-21(30-18)15-3-1-2-4-17(15)24/h1-6,8-10H,7,26H2. The van der Waals surface area contributed by atoms with Crippen molar-refractivity contribution < 1.29 is 17.9 Å².